The molecule has 0 spiro atoms. The van der Waals surface area contributed by atoms with Gasteiger partial charge in [-0.2, -0.15) is 5.10 Å². The van der Waals surface area contributed by atoms with E-state index in [1.165, 1.54) is 6.21 Å². The molecule has 0 aliphatic heterocycles. The number of hydrogen-bond acceptors (Lipinski definition) is 3. The van der Waals surface area contributed by atoms with Crippen molar-refractivity contribution in [2.45, 2.75) is 0 Å². The summed E-state index contributed by atoms with van der Waals surface area (Å²) in [5.41, 5.74) is 7.73. The summed E-state index contributed by atoms with van der Waals surface area (Å²) in [6.45, 7) is 0.233. The van der Waals surface area contributed by atoms with Crippen molar-refractivity contribution in [1.29, 1.82) is 0 Å². The van der Waals surface area contributed by atoms with Gasteiger partial charge in [-0.25, -0.2) is 10.2 Å². The van der Waals surface area contributed by atoms with Gasteiger partial charge in [-0.05, 0) is 29.8 Å². The molecule has 5 nitrogen and oxygen atoms in total. The molecule has 0 aliphatic rings. The first-order valence-corrected chi connectivity index (χ1v) is 4.47. The Balaban J connectivity index is 2.54. The number of nitrogens with two attached hydrogens (primary N) is 1. The molecular weight excluding hydrogens is 206 g/mol. The van der Waals surface area contributed by atoms with Crippen molar-refractivity contribution >= 4 is 12.2 Å². The van der Waals surface area contributed by atoms with Gasteiger partial charge in [0, 0.05) is 0 Å². The van der Waals surface area contributed by atoms with Crippen LogP contribution in [0.4, 0.5) is 4.79 Å². The van der Waals surface area contributed by atoms with Crippen molar-refractivity contribution in [2.24, 2.45) is 10.8 Å². The summed E-state index contributed by atoms with van der Waals surface area (Å²) in [6.07, 6.45) is 6.52. The fourth-order valence-corrected chi connectivity index (χ4v) is 0.946. The first kappa shape index (κ1) is 11.6. The minimum atomic E-state index is -0.703. The number of nitrogens with one attached hydrogen (secondary N) is 1. The molecule has 1 aromatic carbocycles. The molecule has 1 rings (SSSR count). The highest BCUT2D eigenvalue weighted by Crippen LogP contribution is 2.10. The fraction of sp³-hybridized carbons (Fsp3) is 0.0909. The lowest BCUT2D eigenvalue weighted by Gasteiger charge is -2.01. The molecule has 0 radical (unpaired) electrons. The Morgan fingerprint density at radius 3 is 2.81 bits per heavy atom. The van der Waals surface area contributed by atoms with Crippen LogP contribution in [0.1, 0.15) is 5.56 Å². The van der Waals surface area contributed by atoms with E-state index in [-0.39, 0.29) is 6.61 Å². The number of benzene rings is 1. The lowest BCUT2D eigenvalue weighted by molar-refractivity contribution is 0.249. The normalized spacial score (nSPS) is 9.69. The number of terminal acetylenes is 1. The molecule has 2 amide bonds. The number of primary amides is 1. The molecule has 3 N–H and O–H groups in total. The van der Waals surface area contributed by atoms with E-state index in [0.29, 0.717) is 5.75 Å². The Kier molecular flexibility index (Phi) is 4.41. The largest absolute Gasteiger partial charge is 0.481 e. The highest BCUT2D eigenvalue weighted by Gasteiger charge is 1.92. The molecule has 0 saturated heterocycles. The summed E-state index contributed by atoms with van der Waals surface area (Å²) in [7, 11) is 0. The van der Waals surface area contributed by atoms with Gasteiger partial charge in [0.25, 0.3) is 0 Å². The van der Waals surface area contributed by atoms with Crippen LogP contribution in [0.2, 0.25) is 0 Å². The molecule has 0 atom stereocenters. The van der Waals surface area contributed by atoms with E-state index in [1.54, 1.807) is 24.3 Å². The first-order valence-electron chi connectivity index (χ1n) is 4.47. The Morgan fingerprint density at radius 1 is 1.56 bits per heavy atom. The van der Waals surface area contributed by atoms with Gasteiger partial charge in [0.2, 0.25) is 0 Å². The lowest BCUT2D eigenvalue weighted by Crippen LogP contribution is -2.24. The summed E-state index contributed by atoms with van der Waals surface area (Å²) < 4.78 is 5.18. The number of hydrazone groups is 1. The van der Waals surface area contributed by atoms with Gasteiger partial charge < -0.3 is 10.5 Å². The van der Waals surface area contributed by atoms with Gasteiger partial charge in [-0.15, -0.1) is 6.42 Å². The van der Waals surface area contributed by atoms with E-state index in [9.17, 15) is 4.79 Å². The second-order valence-electron chi connectivity index (χ2n) is 2.80. The SMILES string of the molecule is C#CCOc1ccc(/C=N\NC(N)=O)cc1. The van der Waals surface area contributed by atoms with E-state index in [1.807, 2.05) is 0 Å². The van der Waals surface area contributed by atoms with Crippen molar-refractivity contribution in [3.63, 3.8) is 0 Å². The third-order valence-electron chi connectivity index (χ3n) is 1.59. The summed E-state index contributed by atoms with van der Waals surface area (Å²) >= 11 is 0. The molecule has 1 aromatic rings. The molecular formula is C11H11N3O2. The maximum Gasteiger partial charge on any atom is 0.332 e. The zero-order chi connectivity index (χ0) is 11.8. The number of ether oxygens (including phenoxy) is 1. The van der Waals surface area contributed by atoms with E-state index < -0.39 is 6.03 Å². The molecule has 5 heteroatoms. The van der Waals surface area contributed by atoms with Crippen LogP contribution in [0.3, 0.4) is 0 Å². The Morgan fingerprint density at radius 2 is 2.25 bits per heavy atom. The molecule has 0 unspecified atom stereocenters. The number of nitrogens with zero attached hydrogens (tertiary/aromatic N) is 1. The molecule has 0 aliphatic carbocycles. The van der Waals surface area contributed by atoms with E-state index in [2.05, 4.69) is 16.4 Å². The van der Waals surface area contributed by atoms with Crippen LogP contribution in [0.25, 0.3) is 0 Å². The molecule has 82 valence electrons. The number of hydrogen-bond donors (Lipinski definition) is 2. The van der Waals surface area contributed by atoms with Gasteiger partial charge >= 0.3 is 6.03 Å². The Hall–Kier alpha value is -2.48. The zero-order valence-corrected chi connectivity index (χ0v) is 8.51. The van der Waals surface area contributed by atoms with Gasteiger partial charge in [-0.1, -0.05) is 5.92 Å². The van der Waals surface area contributed by atoms with E-state index >= 15 is 0 Å². The van der Waals surface area contributed by atoms with Crippen LogP contribution >= 0.6 is 0 Å². The minimum Gasteiger partial charge on any atom is -0.481 e. The molecule has 0 saturated carbocycles. The smallest absolute Gasteiger partial charge is 0.332 e. The molecule has 0 fully saturated rings. The zero-order valence-electron chi connectivity index (χ0n) is 8.51. The number of rotatable bonds is 4. The summed E-state index contributed by atoms with van der Waals surface area (Å²) in [4.78, 5) is 10.3. The van der Waals surface area contributed by atoms with Crippen molar-refractivity contribution < 1.29 is 9.53 Å². The van der Waals surface area contributed by atoms with Crippen molar-refractivity contribution in [2.75, 3.05) is 6.61 Å². The summed E-state index contributed by atoms with van der Waals surface area (Å²) in [5.74, 6) is 3.05. The third kappa shape index (κ3) is 4.15. The van der Waals surface area contributed by atoms with Gasteiger partial charge in [-0.3, -0.25) is 0 Å². The highest BCUT2D eigenvalue weighted by atomic mass is 16.5. The molecule has 0 bridgehead atoms. The number of amides is 2. The quantitative estimate of drug-likeness (QED) is 0.442. The van der Waals surface area contributed by atoms with Gasteiger partial charge in [0.05, 0.1) is 6.21 Å². The second-order valence-corrected chi connectivity index (χ2v) is 2.80. The molecule has 0 heterocycles. The monoisotopic (exact) mass is 217 g/mol. The second kappa shape index (κ2) is 6.09. The number of carbonyl (C=O) groups excluding carboxylic acids is 1. The predicted octanol–water partition coefficient (Wildman–Crippen LogP) is 0.701. The molecule has 16 heavy (non-hydrogen) atoms. The van der Waals surface area contributed by atoms with Crippen molar-refractivity contribution in [3.8, 4) is 18.1 Å². The van der Waals surface area contributed by atoms with Crippen LogP contribution in [0, 0.1) is 12.3 Å². The maximum absolute atomic E-state index is 10.3. The van der Waals surface area contributed by atoms with E-state index in [0.717, 1.165) is 5.56 Å². The summed E-state index contributed by atoms with van der Waals surface area (Å²) in [6, 6.07) is 6.35. The van der Waals surface area contributed by atoms with Gasteiger partial charge in [0.15, 0.2) is 0 Å². The average molecular weight is 217 g/mol. The Labute approximate surface area is 93.3 Å². The van der Waals surface area contributed by atoms with Crippen LogP contribution in [-0.4, -0.2) is 18.9 Å². The van der Waals surface area contributed by atoms with Crippen molar-refractivity contribution in [3.05, 3.63) is 29.8 Å². The fourth-order valence-electron chi connectivity index (χ4n) is 0.946. The van der Waals surface area contributed by atoms with Crippen molar-refractivity contribution in [1.82, 2.24) is 5.43 Å². The highest BCUT2D eigenvalue weighted by molar-refractivity contribution is 5.81. The first-order chi connectivity index (χ1) is 7.72. The topological polar surface area (TPSA) is 76.7 Å². The average Bonchev–Trinajstić information content (AvgIpc) is 2.27. The van der Waals surface area contributed by atoms with Gasteiger partial charge in [0.1, 0.15) is 12.4 Å². The van der Waals surface area contributed by atoms with E-state index in [4.69, 9.17) is 16.9 Å². The Bertz CT molecular complexity index is 418. The van der Waals surface area contributed by atoms with Crippen LogP contribution in [-0.2, 0) is 0 Å². The molecule has 0 aromatic heterocycles. The lowest BCUT2D eigenvalue weighted by atomic mass is 10.2. The third-order valence-corrected chi connectivity index (χ3v) is 1.59. The number of carbonyl (C=O) groups is 1. The van der Waals surface area contributed by atoms with Crippen LogP contribution < -0.4 is 15.9 Å². The summed E-state index contributed by atoms with van der Waals surface area (Å²) in [5, 5.41) is 3.61. The van der Waals surface area contributed by atoms with Crippen LogP contribution in [0.5, 0.6) is 5.75 Å². The minimum absolute atomic E-state index is 0.233. The predicted molar refractivity (Wildman–Crippen MR) is 61.1 cm³/mol. The standard InChI is InChI=1S/C11H11N3O2/c1-2-7-16-10-5-3-9(4-6-10)8-13-14-11(12)15/h1,3-6,8H,7H2,(H3,12,14,15)/b13-8-. The van der Waals surface area contributed by atoms with Crippen LogP contribution in [0.15, 0.2) is 29.4 Å². The maximum atomic E-state index is 10.3. The number of urea groups is 1.